The van der Waals surface area contributed by atoms with Crippen LogP contribution in [0.15, 0.2) is 12.3 Å². The molecule has 0 bridgehead atoms. The molecule has 1 N–H and O–H groups in total. The predicted molar refractivity (Wildman–Crippen MR) is 65.3 cm³/mol. The molecular formula is C12H23N3O. The first-order valence-electron chi connectivity index (χ1n) is 6.05. The Morgan fingerprint density at radius 3 is 3.00 bits per heavy atom. The van der Waals surface area contributed by atoms with Crippen molar-refractivity contribution in [2.24, 2.45) is 0 Å². The second-order valence-corrected chi connectivity index (χ2v) is 4.13. The van der Waals surface area contributed by atoms with Gasteiger partial charge in [0.05, 0.1) is 5.69 Å². The van der Waals surface area contributed by atoms with Crippen molar-refractivity contribution in [1.82, 2.24) is 15.1 Å². The molecule has 0 unspecified atom stereocenters. The summed E-state index contributed by atoms with van der Waals surface area (Å²) in [4.78, 5) is 0. The van der Waals surface area contributed by atoms with Gasteiger partial charge in [0.15, 0.2) is 0 Å². The van der Waals surface area contributed by atoms with Crippen LogP contribution >= 0.6 is 0 Å². The lowest BCUT2D eigenvalue weighted by atomic mass is 10.3. The molecule has 4 nitrogen and oxygen atoms in total. The molecule has 0 aliphatic rings. The van der Waals surface area contributed by atoms with E-state index < -0.39 is 0 Å². The van der Waals surface area contributed by atoms with Gasteiger partial charge >= 0.3 is 0 Å². The van der Waals surface area contributed by atoms with E-state index in [-0.39, 0.29) is 0 Å². The van der Waals surface area contributed by atoms with Gasteiger partial charge < -0.3 is 10.1 Å². The van der Waals surface area contributed by atoms with Crippen molar-refractivity contribution in [3.05, 3.63) is 18.0 Å². The highest BCUT2D eigenvalue weighted by atomic mass is 16.5. The number of hydrogen-bond donors (Lipinski definition) is 1. The Kier molecular flexibility index (Phi) is 6.11. The third-order valence-corrected chi connectivity index (χ3v) is 2.36. The van der Waals surface area contributed by atoms with Gasteiger partial charge in [0.1, 0.15) is 0 Å². The van der Waals surface area contributed by atoms with Crippen LogP contribution in [0.4, 0.5) is 0 Å². The van der Waals surface area contributed by atoms with Crippen LogP contribution in [0.3, 0.4) is 0 Å². The average molecular weight is 225 g/mol. The normalized spacial score (nSPS) is 11.2. The topological polar surface area (TPSA) is 39.1 Å². The molecule has 0 aliphatic carbocycles. The van der Waals surface area contributed by atoms with Crippen molar-refractivity contribution in [3.63, 3.8) is 0 Å². The summed E-state index contributed by atoms with van der Waals surface area (Å²) in [6.07, 6.45) is 2.88. The average Bonchev–Trinajstić information content (AvgIpc) is 2.69. The fourth-order valence-corrected chi connectivity index (χ4v) is 1.48. The second kappa shape index (κ2) is 7.41. The number of rotatable bonds is 8. The van der Waals surface area contributed by atoms with Gasteiger partial charge in [-0.25, -0.2) is 0 Å². The van der Waals surface area contributed by atoms with E-state index in [9.17, 15) is 0 Å². The third-order valence-electron chi connectivity index (χ3n) is 2.36. The van der Waals surface area contributed by atoms with E-state index in [1.165, 1.54) is 5.69 Å². The highest BCUT2D eigenvalue weighted by Crippen LogP contribution is 2.01. The molecule has 0 atom stereocenters. The van der Waals surface area contributed by atoms with Crippen LogP contribution in [-0.4, -0.2) is 29.0 Å². The van der Waals surface area contributed by atoms with Crippen LogP contribution in [0.1, 0.15) is 32.9 Å². The van der Waals surface area contributed by atoms with Crippen molar-refractivity contribution in [1.29, 1.82) is 0 Å². The third kappa shape index (κ3) is 4.77. The summed E-state index contributed by atoms with van der Waals surface area (Å²) in [6.45, 7) is 9.74. The highest BCUT2D eigenvalue weighted by molar-refractivity contribution is 5.00. The van der Waals surface area contributed by atoms with Crippen LogP contribution in [0, 0.1) is 0 Å². The summed E-state index contributed by atoms with van der Waals surface area (Å²) in [5, 5.41) is 7.71. The van der Waals surface area contributed by atoms with E-state index in [2.05, 4.69) is 35.0 Å². The molecule has 0 saturated heterocycles. The zero-order valence-corrected chi connectivity index (χ0v) is 10.6. The zero-order chi connectivity index (χ0) is 11.8. The Morgan fingerprint density at radius 2 is 2.31 bits per heavy atom. The summed E-state index contributed by atoms with van der Waals surface area (Å²) in [5.41, 5.74) is 1.24. The van der Waals surface area contributed by atoms with Gasteiger partial charge in [-0.15, -0.1) is 0 Å². The van der Waals surface area contributed by atoms with Crippen molar-refractivity contribution in [2.75, 3.05) is 13.2 Å². The molecule has 1 aromatic rings. The molecule has 0 spiro atoms. The molecule has 0 aromatic carbocycles. The Morgan fingerprint density at radius 1 is 1.50 bits per heavy atom. The second-order valence-electron chi connectivity index (χ2n) is 4.13. The summed E-state index contributed by atoms with van der Waals surface area (Å²) < 4.78 is 7.36. The molecule has 16 heavy (non-hydrogen) atoms. The van der Waals surface area contributed by atoms with E-state index in [0.29, 0.717) is 6.04 Å². The Balaban J connectivity index is 2.32. The number of aromatic nitrogens is 2. The van der Waals surface area contributed by atoms with Gasteiger partial charge in [-0.2, -0.15) is 5.10 Å². The lowest BCUT2D eigenvalue weighted by molar-refractivity contribution is 0.140. The molecule has 0 fully saturated rings. The molecule has 1 heterocycles. The molecule has 0 amide bonds. The molecule has 1 rings (SSSR count). The number of nitrogens with one attached hydrogen (secondary N) is 1. The minimum Gasteiger partial charge on any atom is -0.382 e. The molecular weight excluding hydrogens is 202 g/mol. The Bertz CT molecular complexity index is 284. The minimum absolute atomic E-state index is 0.506. The van der Waals surface area contributed by atoms with Gasteiger partial charge in [0, 0.05) is 38.5 Å². The van der Waals surface area contributed by atoms with Crippen molar-refractivity contribution >= 4 is 0 Å². The lowest BCUT2D eigenvalue weighted by Crippen LogP contribution is -2.23. The first-order valence-corrected chi connectivity index (χ1v) is 6.05. The van der Waals surface area contributed by atoms with Crippen LogP contribution in [0.5, 0.6) is 0 Å². The molecule has 4 heteroatoms. The monoisotopic (exact) mass is 225 g/mol. The highest BCUT2D eigenvalue weighted by Gasteiger charge is 2.02. The number of aryl methyl sites for hydroxylation is 1. The minimum atomic E-state index is 0.506. The lowest BCUT2D eigenvalue weighted by Gasteiger charge is -2.10. The van der Waals surface area contributed by atoms with Gasteiger partial charge in [0.2, 0.25) is 0 Å². The molecule has 0 saturated carbocycles. The van der Waals surface area contributed by atoms with Crippen LogP contribution in [-0.2, 0) is 17.8 Å². The maximum absolute atomic E-state index is 5.31. The Hall–Kier alpha value is -0.870. The quantitative estimate of drug-likeness (QED) is 0.686. The van der Waals surface area contributed by atoms with E-state index in [1.807, 2.05) is 13.1 Å². The smallest absolute Gasteiger partial charge is 0.0522 e. The van der Waals surface area contributed by atoms with Crippen LogP contribution in [0.2, 0.25) is 0 Å². The summed E-state index contributed by atoms with van der Waals surface area (Å²) in [7, 11) is 0. The molecule has 1 aromatic heterocycles. The summed E-state index contributed by atoms with van der Waals surface area (Å²) >= 11 is 0. The maximum Gasteiger partial charge on any atom is 0.0522 e. The van der Waals surface area contributed by atoms with E-state index in [0.717, 1.165) is 32.7 Å². The van der Waals surface area contributed by atoms with Crippen molar-refractivity contribution in [3.8, 4) is 0 Å². The molecule has 0 aliphatic heterocycles. The van der Waals surface area contributed by atoms with Crippen molar-refractivity contribution < 1.29 is 4.74 Å². The van der Waals surface area contributed by atoms with E-state index >= 15 is 0 Å². The van der Waals surface area contributed by atoms with Crippen LogP contribution < -0.4 is 5.32 Å². The van der Waals surface area contributed by atoms with Gasteiger partial charge in [-0.1, -0.05) is 13.8 Å². The summed E-state index contributed by atoms with van der Waals surface area (Å²) in [6, 6.07) is 2.57. The largest absolute Gasteiger partial charge is 0.382 e. The number of hydrogen-bond acceptors (Lipinski definition) is 3. The van der Waals surface area contributed by atoms with E-state index in [1.54, 1.807) is 0 Å². The van der Waals surface area contributed by atoms with Gasteiger partial charge in [-0.05, 0) is 19.4 Å². The standard InChI is InChI=1S/C12H23N3O/c1-4-16-9-5-8-15-12(6-7-14-15)10-13-11(2)3/h6-7,11,13H,4-5,8-10H2,1-3H3. The first-order chi connectivity index (χ1) is 7.74. The summed E-state index contributed by atoms with van der Waals surface area (Å²) in [5.74, 6) is 0. The fourth-order valence-electron chi connectivity index (χ4n) is 1.48. The fraction of sp³-hybridized carbons (Fsp3) is 0.750. The van der Waals surface area contributed by atoms with Gasteiger partial charge in [-0.3, -0.25) is 4.68 Å². The number of ether oxygens (including phenoxy) is 1. The first kappa shape index (κ1) is 13.2. The van der Waals surface area contributed by atoms with Crippen molar-refractivity contribution in [2.45, 2.75) is 46.3 Å². The molecule has 0 radical (unpaired) electrons. The SMILES string of the molecule is CCOCCCn1nccc1CNC(C)C. The van der Waals surface area contributed by atoms with Crippen LogP contribution in [0.25, 0.3) is 0 Å². The number of nitrogens with zero attached hydrogens (tertiary/aromatic N) is 2. The Labute approximate surface area is 98.0 Å². The van der Waals surface area contributed by atoms with Gasteiger partial charge in [0.25, 0.3) is 0 Å². The van der Waals surface area contributed by atoms with E-state index in [4.69, 9.17) is 4.74 Å². The maximum atomic E-state index is 5.31. The molecule has 92 valence electrons. The predicted octanol–water partition coefficient (Wildman–Crippen LogP) is 1.81. The zero-order valence-electron chi connectivity index (χ0n) is 10.6.